The summed E-state index contributed by atoms with van der Waals surface area (Å²) in [4.78, 5) is 19.1. The van der Waals surface area contributed by atoms with Gasteiger partial charge in [0.05, 0.1) is 6.10 Å². The van der Waals surface area contributed by atoms with Crippen LogP contribution < -0.4 is 4.74 Å². The number of rotatable bonds is 9. The first kappa shape index (κ1) is 17.4. The van der Waals surface area contributed by atoms with Crippen LogP contribution in [0.3, 0.4) is 0 Å². The van der Waals surface area contributed by atoms with Crippen molar-refractivity contribution in [3.63, 3.8) is 0 Å². The molecule has 0 fully saturated rings. The second-order valence-electron chi connectivity index (χ2n) is 5.15. The molecule has 0 spiro atoms. The molecule has 2 aromatic rings. The van der Waals surface area contributed by atoms with Gasteiger partial charge in [-0.05, 0) is 37.1 Å². The lowest BCUT2D eigenvalue weighted by Gasteiger charge is -2.12. The lowest BCUT2D eigenvalue weighted by molar-refractivity contribution is -0.116. The summed E-state index contributed by atoms with van der Waals surface area (Å²) in [5, 5.41) is 10.6. The van der Waals surface area contributed by atoms with E-state index in [1.165, 1.54) is 11.8 Å². The van der Waals surface area contributed by atoms with E-state index >= 15 is 0 Å². The van der Waals surface area contributed by atoms with Gasteiger partial charge in [0.25, 0.3) is 0 Å². The molecule has 0 radical (unpaired) electrons. The Morgan fingerprint density at radius 2 is 1.96 bits per heavy atom. The average Bonchev–Trinajstić information content (AvgIpc) is 2.58. The van der Waals surface area contributed by atoms with Gasteiger partial charge in [-0.3, -0.25) is 0 Å². The van der Waals surface area contributed by atoms with Crippen molar-refractivity contribution in [1.29, 1.82) is 0 Å². The monoisotopic (exact) mass is 332 g/mol. The molecule has 0 amide bonds. The van der Waals surface area contributed by atoms with Crippen molar-refractivity contribution >= 4 is 17.5 Å². The van der Waals surface area contributed by atoms with Crippen LogP contribution in [-0.4, -0.2) is 39.3 Å². The maximum absolute atomic E-state index is 11.0. The Labute approximate surface area is 140 Å². The smallest absolute Gasteiger partial charge is 0.187 e. The summed E-state index contributed by atoms with van der Waals surface area (Å²) in [5.41, 5.74) is 1.10. The number of Topliss-reactive ketones (excluding diaryl/α,β-unsaturated/α-hetero) is 1. The van der Waals surface area contributed by atoms with Crippen molar-refractivity contribution < 1.29 is 14.6 Å². The maximum Gasteiger partial charge on any atom is 0.187 e. The van der Waals surface area contributed by atoms with E-state index in [1.807, 2.05) is 24.3 Å². The molecule has 0 unspecified atom stereocenters. The van der Waals surface area contributed by atoms with Gasteiger partial charge in [-0.15, -0.1) is 0 Å². The standard InChI is InChI=1S/C17H20N2O3S/c1-13(20)3-4-14-5-7-16(8-6-14)22-11-15(21)12-23-17-18-9-2-10-19-17/h2,5-10,15,21H,3-4,11-12H2,1H3/t15-/m0/s1. The number of aliphatic hydroxyl groups excluding tert-OH is 1. The molecule has 1 aromatic carbocycles. The fourth-order valence-electron chi connectivity index (χ4n) is 1.84. The van der Waals surface area contributed by atoms with Crippen molar-refractivity contribution in [3.8, 4) is 5.75 Å². The highest BCUT2D eigenvalue weighted by Gasteiger charge is 2.08. The molecular formula is C17H20N2O3S. The van der Waals surface area contributed by atoms with Crippen LogP contribution in [0.4, 0.5) is 0 Å². The zero-order valence-corrected chi connectivity index (χ0v) is 13.8. The van der Waals surface area contributed by atoms with Gasteiger partial charge in [0.1, 0.15) is 18.1 Å². The minimum absolute atomic E-state index is 0.188. The number of hydrogen-bond acceptors (Lipinski definition) is 6. The van der Waals surface area contributed by atoms with Crippen LogP contribution in [0.1, 0.15) is 18.9 Å². The highest BCUT2D eigenvalue weighted by Crippen LogP contribution is 2.16. The van der Waals surface area contributed by atoms with Gasteiger partial charge < -0.3 is 14.6 Å². The number of ketones is 1. The van der Waals surface area contributed by atoms with Gasteiger partial charge in [0.2, 0.25) is 0 Å². The van der Waals surface area contributed by atoms with Crippen molar-refractivity contribution in [3.05, 3.63) is 48.3 Å². The van der Waals surface area contributed by atoms with Crippen molar-refractivity contribution in [1.82, 2.24) is 9.97 Å². The van der Waals surface area contributed by atoms with E-state index in [1.54, 1.807) is 25.4 Å². The first-order valence-electron chi connectivity index (χ1n) is 7.42. The molecule has 1 heterocycles. The van der Waals surface area contributed by atoms with Gasteiger partial charge in [-0.2, -0.15) is 0 Å². The van der Waals surface area contributed by atoms with Crippen LogP contribution in [0.2, 0.25) is 0 Å². The van der Waals surface area contributed by atoms with E-state index in [4.69, 9.17) is 4.74 Å². The molecule has 2 rings (SSSR count). The second-order valence-corrected chi connectivity index (χ2v) is 6.14. The average molecular weight is 332 g/mol. The molecule has 0 aliphatic heterocycles. The molecule has 0 aliphatic rings. The lowest BCUT2D eigenvalue weighted by atomic mass is 10.1. The van der Waals surface area contributed by atoms with E-state index in [0.717, 1.165) is 12.0 Å². The molecule has 122 valence electrons. The molecular weight excluding hydrogens is 312 g/mol. The predicted molar refractivity (Wildman–Crippen MR) is 89.7 cm³/mol. The first-order chi connectivity index (χ1) is 11.1. The molecule has 1 atom stereocenters. The summed E-state index contributed by atoms with van der Waals surface area (Å²) < 4.78 is 5.57. The van der Waals surface area contributed by atoms with Crippen LogP contribution in [0.25, 0.3) is 0 Å². The molecule has 6 heteroatoms. The minimum atomic E-state index is -0.596. The maximum atomic E-state index is 11.0. The van der Waals surface area contributed by atoms with Crippen molar-refractivity contribution in [2.45, 2.75) is 31.0 Å². The number of hydrogen-bond donors (Lipinski definition) is 1. The highest BCUT2D eigenvalue weighted by atomic mass is 32.2. The Balaban J connectivity index is 1.71. The first-order valence-corrected chi connectivity index (χ1v) is 8.41. The third-order valence-corrected chi connectivity index (χ3v) is 4.10. The number of ether oxygens (including phenoxy) is 1. The fourth-order valence-corrected chi connectivity index (χ4v) is 2.55. The topological polar surface area (TPSA) is 72.3 Å². The number of benzene rings is 1. The molecule has 0 saturated heterocycles. The van der Waals surface area contributed by atoms with E-state index in [0.29, 0.717) is 23.1 Å². The third-order valence-electron chi connectivity index (χ3n) is 3.08. The zero-order valence-electron chi connectivity index (χ0n) is 13.0. The normalized spacial score (nSPS) is 11.9. The minimum Gasteiger partial charge on any atom is -0.491 e. The second kappa shape index (κ2) is 9.27. The summed E-state index contributed by atoms with van der Waals surface area (Å²) in [6.07, 6.45) is 4.04. The van der Waals surface area contributed by atoms with Crippen molar-refractivity contribution in [2.75, 3.05) is 12.4 Å². The number of nitrogens with zero attached hydrogens (tertiary/aromatic N) is 2. The van der Waals surface area contributed by atoms with Crippen LogP contribution in [0.5, 0.6) is 5.75 Å². The van der Waals surface area contributed by atoms with Crippen LogP contribution in [-0.2, 0) is 11.2 Å². The van der Waals surface area contributed by atoms with E-state index in [9.17, 15) is 9.90 Å². The molecule has 1 aromatic heterocycles. The van der Waals surface area contributed by atoms with Crippen LogP contribution in [0, 0.1) is 0 Å². The quantitative estimate of drug-likeness (QED) is 0.562. The van der Waals surface area contributed by atoms with E-state index < -0.39 is 6.10 Å². The predicted octanol–water partition coefficient (Wildman–Crippen LogP) is 2.53. The Bertz CT molecular complexity index is 605. The zero-order chi connectivity index (χ0) is 16.5. The molecule has 1 N–H and O–H groups in total. The van der Waals surface area contributed by atoms with Gasteiger partial charge in [-0.1, -0.05) is 23.9 Å². The third kappa shape index (κ3) is 6.80. The number of aryl methyl sites for hydroxylation is 1. The fraction of sp³-hybridized carbons (Fsp3) is 0.353. The number of thioether (sulfide) groups is 1. The van der Waals surface area contributed by atoms with Gasteiger partial charge >= 0.3 is 0 Å². The van der Waals surface area contributed by atoms with Crippen LogP contribution >= 0.6 is 11.8 Å². The molecule has 0 bridgehead atoms. The van der Waals surface area contributed by atoms with Gasteiger partial charge in [-0.25, -0.2) is 9.97 Å². The summed E-state index contributed by atoms with van der Waals surface area (Å²) in [6, 6.07) is 9.35. The molecule has 23 heavy (non-hydrogen) atoms. The largest absolute Gasteiger partial charge is 0.491 e. The summed E-state index contributed by atoms with van der Waals surface area (Å²) >= 11 is 1.39. The Morgan fingerprint density at radius 3 is 2.61 bits per heavy atom. The van der Waals surface area contributed by atoms with E-state index in [-0.39, 0.29) is 12.4 Å². The molecule has 0 aliphatic carbocycles. The van der Waals surface area contributed by atoms with Gasteiger partial charge in [0, 0.05) is 24.6 Å². The Kier molecular flexibility index (Phi) is 7.03. The van der Waals surface area contributed by atoms with Crippen molar-refractivity contribution in [2.24, 2.45) is 0 Å². The summed E-state index contributed by atoms with van der Waals surface area (Å²) in [6.45, 7) is 1.81. The molecule has 0 saturated carbocycles. The number of aliphatic hydroxyl groups is 1. The van der Waals surface area contributed by atoms with Gasteiger partial charge in [0.15, 0.2) is 5.16 Å². The molecule has 5 nitrogen and oxygen atoms in total. The number of carbonyl (C=O) groups excluding carboxylic acids is 1. The number of carbonyl (C=O) groups is 1. The SMILES string of the molecule is CC(=O)CCc1ccc(OC[C@H](O)CSc2ncccn2)cc1. The number of aromatic nitrogens is 2. The lowest BCUT2D eigenvalue weighted by Crippen LogP contribution is -2.20. The Morgan fingerprint density at radius 1 is 1.26 bits per heavy atom. The summed E-state index contributed by atoms with van der Waals surface area (Å²) in [7, 11) is 0. The van der Waals surface area contributed by atoms with E-state index in [2.05, 4.69) is 9.97 Å². The summed E-state index contributed by atoms with van der Waals surface area (Å²) in [5.74, 6) is 1.37. The Hall–Kier alpha value is -1.92. The van der Waals surface area contributed by atoms with Crippen LogP contribution in [0.15, 0.2) is 47.9 Å². The highest BCUT2D eigenvalue weighted by molar-refractivity contribution is 7.99.